The van der Waals surface area contributed by atoms with E-state index in [1.807, 2.05) is 17.9 Å². The van der Waals surface area contributed by atoms with Crippen LogP contribution < -0.4 is 10.6 Å². The van der Waals surface area contributed by atoms with Gasteiger partial charge in [-0.2, -0.15) is 0 Å². The van der Waals surface area contributed by atoms with E-state index in [-0.39, 0.29) is 4.90 Å². The number of fused-ring (bicyclic) bond motifs is 1. The summed E-state index contributed by atoms with van der Waals surface area (Å²) in [6, 6.07) is 6.92. The molecule has 31 heavy (non-hydrogen) atoms. The van der Waals surface area contributed by atoms with Gasteiger partial charge in [0.25, 0.3) is 0 Å². The lowest BCUT2D eigenvalue weighted by Crippen LogP contribution is -2.40. The van der Waals surface area contributed by atoms with Crippen LogP contribution in [-0.4, -0.2) is 41.7 Å². The van der Waals surface area contributed by atoms with Crippen LogP contribution in [0.3, 0.4) is 0 Å². The number of aromatic nitrogens is 3. The number of hydrogen-bond acceptors (Lipinski definition) is 7. The molecule has 3 aromatic rings. The van der Waals surface area contributed by atoms with E-state index in [0.29, 0.717) is 43.5 Å². The average molecular weight is 442 g/mol. The van der Waals surface area contributed by atoms with Crippen molar-refractivity contribution in [2.75, 3.05) is 23.7 Å². The van der Waals surface area contributed by atoms with Crippen LogP contribution in [0.2, 0.25) is 0 Å². The Labute approximate surface area is 180 Å². The molecule has 0 unspecified atom stereocenters. The monoisotopic (exact) mass is 441 g/mol. The SMILES string of the molecule is Cc1cc2nc(N)c(N3CCC(S(=O)(=O)c4ccc(F)cc4)CC3)nc2c(C2CC2)n1. The van der Waals surface area contributed by atoms with Crippen molar-refractivity contribution in [1.29, 1.82) is 0 Å². The first-order valence-electron chi connectivity index (χ1n) is 10.5. The molecule has 2 fully saturated rings. The Bertz CT molecular complexity index is 1250. The summed E-state index contributed by atoms with van der Waals surface area (Å²) in [6.07, 6.45) is 3.11. The topological polar surface area (TPSA) is 102 Å². The first-order chi connectivity index (χ1) is 14.8. The zero-order chi connectivity index (χ0) is 21.8. The zero-order valence-electron chi connectivity index (χ0n) is 17.3. The third kappa shape index (κ3) is 3.71. The lowest BCUT2D eigenvalue weighted by atomic mass is 10.1. The number of pyridine rings is 1. The molecule has 7 nitrogen and oxygen atoms in total. The van der Waals surface area contributed by atoms with Gasteiger partial charge in [-0.1, -0.05) is 0 Å². The zero-order valence-corrected chi connectivity index (χ0v) is 18.1. The van der Waals surface area contributed by atoms with Crippen LogP contribution in [0.15, 0.2) is 35.2 Å². The molecule has 2 N–H and O–H groups in total. The van der Waals surface area contributed by atoms with Crippen molar-refractivity contribution in [3.8, 4) is 0 Å². The smallest absolute Gasteiger partial charge is 0.181 e. The molecule has 1 saturated carbocycles. The summed E-state index contributed by atoms with van der Waals surface area (Å²) in [7, 11) is -3.51. The molecule has 9 heteroatoms. The van der Waals surface area contributed by atoms with E-state index >= 15 is 0 Å². The Balaban J connectivity index is 1.40. The first-order valence-corrected chi connectivity index (χ1v) is 12.1. The van der Waals surface area contributed by atoms with E-state index < -0.39 is 20.9 Å². The molecule has 2 aromatic heterocycles. The summed E-state index contributed by atoms with van der Waals surface area (Å²) in [6.45, 7) is 2.96. The maximum absolute atomic E-state index is 13.2. The normalized spacial score (nSPS) is 17.9. The Hall–Kier alpha value is -2.81. The number of aryl methyl sites for hydroxylation is 1. The minimum absolute atomic E-state index is 0.160. The number of sulfone groups is 1. The molecule has 0 amide bonds. The second kappa shape index (κ2) is 7.40. The molecule has 0 atom stereocenters. The van der Waals surface area contributed by atoms with Gasteiger partial charge in [0.15, 0.2) is 21.5 Å². The highest BCUT2D eigenvalue weighted by Crippen LogP contribution is 2.42. The van der Waals surface area contributed by atoms with Crippen molar-refractivity contribution in [3.05, 3.63) is 47.5 Å². The van der Waals surface area contributed by atoms with E-state index in [0.717, 1.165) is 35.3 Å². The van der Waals surface area contributed by atoms with Crippen LogP contribution >= 0.6 is 0 Å². The molecule has 1 aliphatic heterocycles. The Kier molecular flexibility index (Phi) is 4.80. The number of nitrogens with two attached hydrogens (primary N) is 1. The molecule has 162 valence electrons. The predicted molar refractivity (Wildman–Crippen MR) is 117 cm³/mol. The van der Waals surface area contributed by atoms with Gasteiger partial charge in [0.2, 0.25) is 0 Å². The summed E-state index contributed by atoms with van der Waals surface area (Å²) in [5.41, 5.74) is 9.68. The van der Waals surface area contributed by atoms with Crippen molar-refractivity contribution in [1.82, 2.24) is 15.0 Å². The van der Waals surface area contributed by atoms with Gasteiger partial charge in [-0.3, -0.25) is 4.98 Å². The van der Waals surface area contributed by atoms with Crippen molar-refractivity contribution >= 4 is 32.5 Å². The van der Waals surface area contributed by atoms with Crippen molar-refractivity contribution in [2.24, 2.45) is 0 Å². The Morgan fingerprint density at radius 1 is 1.03 bits per heavy atom. The maximum Gasteiger partial charge on any atom is 0.181 e. The molecule has 1 aliphatic carbocycles. The second-order valence-corrected chi connectivity index (χ2v) is 10.6. The molecular weight excluding hydrogens is 417 g/mol. The van der Waals surface area contributed by atoms with E-state index in [1.165, 1.54) is 24.3 Å². The fourth-order valence-corrected chi connectivity index (χ4v) is 6.02. The molecule has 0 bridgehead atoms. The maximum atomic E-state index is 13.2. The molecule has 2 aliphatic rings. The van der Waals surface area contributed by atoms with Crippen molar-refractivity contribution in [2.45, 2.75) is 48.7 Å². The lowest BCUT2D eigenvalue weighted by molar-refractivity contribution is 0.528. The average Bonchev–Trinajstić information content (AvgIpc) is 3.58. The third-order valence-electron chi connectivity index (χ3n) is 6.10. The van der Waals surface area contributed by atoms with Gasteiger partial charge >= 0.3 is 0 Å². The molecule has 1 saturated heterocycles. The van der Waals surface area contributed by atoms with E-state index in [1.54, 1.807) is 0 Å². The Morgan fingerprint density at radius 2 is 1.71 bits per heavy atom. The molecular formula is C22H24FN5O2S. The van der Waals surface area contributed by atoms with Crippen LogP contribution in [0.5, 0.6) is 0 Å². The van der Waals surface area contributed by atoms with E-state index in [4.69, 9.17) is 15.7 Å². The van der Waals surface area contributed by atoms with Gasteiger partial charge in [0.05, 0.1) is 21.4 Å². The third-order valence-corrected chi connectivity index (χ3v) is 8.38. The largest absolute Gasteiger partial charge is 0.381 e. The van der Waals surface area contributed by atoms with Gasteiger partial charge in [0, 0.05) is 24.7 Å². The number of halogens is 1. The predicted octanol–water partition coefficient (Wildman–Crippen LogP) is 3.37. The quantitative estimate of drug-likeness (QED) is 0.619. The van der Waals surface area contributed by atoms with Crippen LogP contribution in [0, 0.1) is 12.7 Å². The molecule has 0 spiro atoms. The summed E-state index contributed by atoms with van der Waals surface area (Å²) in [5.74, 6) is 0.923. The van der Waals surface area contributed by atoms with E-state index in [2.05, 4.69) is 4.98 Å². The number of anilines is 2. The number of rotatable bonds is 4. The highest BCUT2D eigenvalue weighted by Gasteiger charge is 2.33. The standard InChI is InChI=1S/C22H24FN5O2S/c1-13-12-18-20(19(25-13)14-2-3-14)27-22(21(24)26-18)28-10-8-17(9-11-28)31(29,30)16-6-4-15(23)5-7-16/h4-7,12,14,17H,2-3,8-11H2,1H3,(H2,24,26). The minimum atomic E-state index is -3.51. The second-order valence-electron chi connectivity index (χ2n) is 8.41. The van der Waals surface area contributed by atoms with Gasteiger partial charge in [-0.25, -0.2) is 22.8 Å². The highest BCUT2D eigenvalue weighted by atomic mass is 32.2. The number of nitrogen functional groups attached to an aromatic ring is 1. The fraction of sp³-hybridized carbons (Fsp3) is 0.409. The summed E-state index contributed by atoms with van der Waals surface area (Å²) in [4.78, 5) is 16.3. The molecule has 0 radical (unpaired) electrons. The molecule has 3 heterocycles. The Morgan fingerprint density at radius 3 is 2.35 bits per heavy atom. The van der Waals surface area contributed by atoms with Crippen LogP contribution in [-0.2, 0) is 9.84 Å². The number of benzene rings is 1. The minimum Gasteiger partial charge on any atom is -0.381 e. The van der Waals surface area contributed by atoms with Gasteiger partial charge in [0.1, 0.15) is 11.3 Å². The molecule has 5 rings (SSSR count). The summed E-state index contributed by atoms with van der Waals surface area (Å²) in [5, 5.41) is -0.518. The van der Waals surface area contributed by atoms with Crippen molar-refractivity contribution in [3.63, 3.8) is 0 Å². The summed E-state index contributed by atoms with van der Waals surface area (Å²) >= 11 is 0. The molecule has 1 aromatic carbocycles. The van der Waals surface area contributed by atoms with Gasteiger partial charge in [-0.05, 0) is 62.9 Å². The number of nitrogens with zero attached hydrogens (tertiary/aromatic N) is 4. The number of hydrogen-bond donors (Lipinski definition) is 1. The van der Waals surface area contributed by atoms with Crippen LogP contribution in [0.4, 0.5) is 16.0 Å². The van der Waals surface area contributed by atoms with E-state index in [9.17, 15) is 12.8 Å². The van der Waals surface area contributed by atoms with Crippen LogP contribution in [0.1, 0.15) is 43.0 Å². The highest BCUT2D eigenvalue weighted by molar-refractivity contribution is 7.92. The van der Waals surface area contributed by atoms with Gasteiger partial charge in [-0.15, -0.1) is 0 Å². The fourth-order valence-electron chi connectivity index (χ4n) is 4.28. The van der Waals surface area contributed by atoms with Crippen LogP contribution in [0.25, 0.3) is 11.0 Å². The van der Waals surface area contributed by atoms with Crippen molar-refractivity contribution < 1.29 is 12.8 Å². The number of piperidine rings is 1. The summed E-state index contributed by atoms with van der Waals surface area (Å²) < 4.78 is 39.1. The first kappa shape index (κ1) is 20.1. The van der Waals surface area contributed by atoms with Gasteiger partial charge < -0.3 is 10.6 Å². The lowest BCUT2D eigenvalue weighted by Gasteiger charge is -2.33.